The fraction of sp³-hybridized carbons (Fsp3) is 0.667. The van der Waals surface area contributed by atoms with Crippen LogP contribution in [0.1, 0.15) is 19.3 Å². The lowest BCUT2D eigenvalue weighted by Crippen LogP contribution is -2.57. The molecule has 0 bridgehead atoms. The second-order valence-electron chi connectivity index (χ2n) is 5.29. The highest BCUT2D eigenvalue weighted by Gasteiger charge is 2.28. The predicted octanol–water partition coefficient (Wildman–Crippen LogP) is 0.953. The number of nitrogens with two attached hydrogens (primary N) is 1. The molecule has 2 fully saturated rings. The Hall–Kier alpha value is -0.880. The lowest BCUT2D eigenvalue weighted by atomic mass is 9.85. The quantitative estimate of drug-likeness (QED) is 0.902. The number of hydrogen-bond acceptors (Lipinski definition) is 4. The van der Waals surface area contributed by atoms with E-state index in [1.807, 2.05) is 4.90 Å². The number of rotatable bonds is 3. The maximum absolute atomic E-state index is 12.4. The maximum atomic E-state index is 12.4. The van der Waals surface area contributed by atoms with Gasteiger partial charge in [0.2, 0.25) is 0 Å². The van der Waals surface area contributed by atoms with Gasteiger partial charge in [0.25, 0.3) is 5.56 Å². The molecular formula is C12H17BrN4O. The van der Waals surface area contributed by atoms with Crippen LogP contribution < -0.4 is 16.2 Å². The van der Waals surface area contributed by atoms with Gasteiger partial charge in [-0.1, -0.05) is 6.42 Å². The van der Waals surface area contributed by atoms with Gasteiger partial charge in [-0.25, -0.2) is 4.68 Å². The SMILES string of the molecule is NC1CN(c2c(Br)cnn(CC3CCC3)c2=O)C1. The van der Waals surface area contributed by atoms with Crippen LogP contribution in [0.3, 0.4) is 0 Å². The Balaban J connectivity index is 1.87. The highest BCUT2D eigenvalue weighted by atomic mass is 79.9. The van der Waals surface area contributed by atoms with Crippen molar-refractivity contribution >= 4 is 21.6 Å². The molecular weight excluding hydrogens is 296 g/mol. The van der Waals surface area contributed by atoms with Crippen LogP contribution in [-0.2, 0) is 6.54 Å². The molecule has 98 valence electrons. The number of aromatic nitrogens is 2. The summed E-state index contributed by atoms with van der Waals surface area (Å²) >= 11 is 3.42. The topological polar surface area (TPSA) is 64.2 Å². The zero-order valence-electron chi connectivity index (χ0n) is 10.2. The first-order chi connectivity index (χ1) is 8.65. The molecule has 2 aliphatic rings. The van der Waals surface area contributed by atoms with E-state index in [9.17, 15) is 4.79 Å². The van der Waals surface area contributed by atoms with E-state index in [2.05, 4.69) is 21.0 Å². The average molecular weight is 313 g/mol. The number of hydrogen-bond donors (Lipinski definition) is 1. The summed E-state index contributed by atoms with van der Waals surface area (Å²) < 4.78 is 2.37. The lowest BCUT2D eigenvalue weighted by molar-refractivity contribution is 0.261. The smallest absolute Gasteiger partial charge is 0.291 e. The minimum Gasteiger partial charge on any atom is -0.363 e. The van der Waals surface area contributed by atoms with Gasteiger partial charge in [0.05, 0.1) is 10.7 Å². The van der Waals surface area contributed by atoms with E-state index in [4.69, 9.17) is 5.73 Å². The maximum Gasteiger partial charge on any atom is 0.291 e. The molecule has 0 unspecified atom stereocenters. The molecule has 0 amide bonds. The van der Waals surface area contributed by atoms with E-state index in [1.165, 1.54) is 19.3 Å². The highest BCUT2D eigenvalue weighted by Crippen LogP contribution is 2.28. The molecule has 1 saturated carbocycles. The van der Waals surface area contributed by atoms with Crippen LogP contribution in [0.25, 0.3) is 0 Å². The summed E-state index contributed by atoms with van der Waals surface area (Å²) in [7, 11) is 0. The largest absolute Gasteiger partial charge is 0.363 e. The standard InChI is InChI=1S/C12H17BrN4O/c13-10-4-15-17(5-8-2-1-3-8)12(18)11(10)16-6-9(14)7-16/h4,8-9H,1-3,5-7,14H2. The number of halogens is 1. The highest BCUT2D eigenvalue weighted by molar-refractivity contribution is 9.10. The Morgan fingerprint density at radius 3 is 2.72 bits per heavy atom. The summed E-state index contributed by atoms with van der Waals surface area (Å²) in [6.45, 7) is 2.25. The van der Waals surface area contributed by atoms with Crippen molar-refractivity contribution in [2.75, 3.05) is 18.0 Å². The fourth-order valence-electron chi connectivity index (χ4n) is 2.49. The second-order valence-corrected chi connectivity index (χ2v) is 6.14. The van der Waals surface area contributed by atoms with Crippen molar-refractivity contribution in [1.29, 1.82) is 0 Å². The normalized spacial score (nSPS) is 20.7. The van der Waals surface area contributed by atoms with Crippen molar-refractivity contribution in [3.05, 3.63) is 21.0 Å². The van der Waals surface area contributed by atoms with Gasteiger partial charge in [-0.05, 0) is 34.7 Å². The third-order valence-electron chi connectivity index (χ3n) is 3.86. The summed E-state index contributed by atoms with van der Waals surface area (Å²) in [4.78, 5) is 14.4. The van der Waals surface area contributed by atoms with Gasteiger partial charge in [-0.15, -0.1) is 0 Å². The van der Waals surface area contributed by atoms with Gasteiger partial charge in [-0.2, -0.15) is 5.10 Å². The molecule has 1 aliphatic heterocycles. The summed E-state index contributed by atoms with van der Waals surface area (Å²) in [5.41, 5.74) is 6.49. The van der Waals surface area contributed by atoms with Crippen LogP contribution in [0.5, 0.6) is 0 Å². The minimum absolute atomic E-state index is 0.00294. The Bertz CT molecular complexity index is 505. The molecule has 6 heteroatoms. The van der Waals surface area contributed by atoms with Crippen molar-refractivity contribution in [2.24, 2.45) is 11.7 Å². The lowest BCUT2D eigenvalue weighted by Gasteiger charge is -2.38. The van der Waals surface area contributed by atoms with E-state index in [0.29, 0.717) is 11.6 Å². The molecule has 0 aromatic carbocycles. The van der Waals surface area contributed by atoms with Gasteiger partial charge >= 0.3 is 0 Å². The van der Waals surface area contributed by atoms with E-state index in [1.54, 1.807) is 10.9 Å². The molecule has 1 aliphatic carbocycles. The number of anilines is 1. The first-order valence-corrected chi connectivity index (χ1v) is 7.20. The van der Waals surface area contributed by atoms with Crippen LogP contribution in [0, 0.1) is 5.92 Å². The zero-order chi connectivity index (χ0) is 12.7. The summed E-state index contributed by atoms with van der Waals surface area (Å²) in [6.07, 6.45) is 5.44. The summed E-state index contributed by atoms with van der Waals surface area (Å²) in [6, 6.07) is 0.185. The van der Waals surface area contributed by atoms with Crippen LogP contribution in [0.4, 0.5) is 5.69 Å². The molecule has 2 heterocycles. The third-order valence-corrected chi connectivity index (χ3v) is 4.44. The van der Waals surface area contributed by atoms with Crippen molar-refractivity contribution < 1.29 is 0 Å². The summed E-state index contributed by atoms with van der Waals surface area (Å²) in [5.74, 6) is 0.628. The van der Waals surface area contributed by atoms with Gasteiger partial charge in [0, 0.05) is 25.7 Å². The molecule has 1 saturated heterocycles. The van der Waals surface area contributed by atoms with Crippen LogP contribution in [0.15, 0.2) is 15.5 Å². The molecule has 3 rings (SSSR count). The van der Waals surface area contributed by atoms with Crippen molar-refractivity contribution in [2.45, 2.75) is 31.8 Å². The van der Waals surface area contributed by atoms with Gasteiger partial charge in [0.15, 0.2) is 0 Å². The minimum atomic E-state index is 0.00294. The third kappa shape index (κ3) is 2.07. The fourth-order valence-corrected chi connectivity index (χ4v) is 3.00. The Kier molecular flexibility index (Phi) is 3.15. The van der Waals surface area contributed by atoms with Gasteiger partial charge in [0.1, 0.15) is 5.69 Å². The predicted molar refractivity (Wildman–Crippen MR) is 73.7 cm³/mol. The van der Waals surface area contributed by atoms with Crippen LogP contribution in [-0.4, -0.2) is 28.9 Å². The van der Waals surface area contributed by atoms with Crippen LogP contribution >= 0.6 is 15.9 Å². The van der Waals surface area contributed by atoms with Gasteiger partial charge in [-0.3, -0.25) is 4.79 Å². The monoisotopic (exact) mass is 312 g/mol. The van der Waals surface area contributed by atoms with Gasteiger partial charge < -0.3 is 10.6 Å². The van der Waals surface area contributed by atoms with Crippen LogP contribution in [0.2, 0.25) is 0 Å². The molecule has 1 aromatic heterocycles. The number of nitrogens with zero attached hydrogens (tertiary/aromatic N) is 3. The average Bonchev–Trinajstić information content (AvgIpc) is 2.23. The first kappa shape index (κ1) is 12.2. The Morgan fingerprint density at radius 1 is 1.44 bits per heavy atom. The molecule has 5 nitrogen and oxygen atoms in total. The van der Waals surface area contributed by atoms with Crippen molar-refractivity contribution in [3.8, 4) is 0 Å². The molecule has 18 heavy (non-hydrogen) atoms. The summed E-state index contributed by atoms with van der Waals surface area (Å²) in [5, 5.41) is 4.22. The molecule has 0 atom stereocenters. The molecule has 2 N–H and O–H groups in total. The molecule has 0 radical (unpaired) electrons. The second kappa shape index (κ2) is 4.66. The Labute approximate surface area is 114 Å². The zero-order valence-corrected chi connectivity index (χ0v) is 11.8. The molecule has 1 aromatic rings. The van der Waals surface area contributed by atoms with Crippen molar-refractivity contribution in [3.63, 3.8) is 0 Å². The molecule has 0 spiro atoms. The van der Waals surface area contributed by atoms with Crippen molar-refractivity contribution in [1.82, 2.24) is 9.78 Å². The van der Waals surface area contributed by atoms with E-state index < -0.39 is 0 Å². The van der Waals surface area contributed by atoms with E-state index in [-0.39, 0.29) is 11.6 Å². The Morgan fingerprint density at radius 2 is 2.17 bits per heavy atom. The first-order valence-electron chi connectivity index (χ1n) is 6.41. The van der Waals surface area contributed by atoms with E-state index in [0.717, 1.165) is 24.1 Å². The van der Waals surface area contributed by atoms with E-state index >= 15 is 0 Å².